The standard InChI is InChI=1S/C18H17NO2S/c20-22(21,13-6-2-1-3-7-13)14-10-11-18-16(12-14)15-8-4-5-9-17(15)19-18/h1-10,16,18-19H,11-12H2. The Kier molecular flexibility index (Phi) is 3.08. The Bertz CT molecular complexity index is 840. The van der Waals surface area contributed by atoms with Gasteiger partial charge in [-0.2, -0.15) is 0 Å². The average molecular weight is 311 g/mol. The third-order valence-electron chi connectivity index (χ3n) is 4.61. The highest BCUT2D eigenvalue weighted by Crippen LogP contribution is 2.45. The summed E-state index contributed by atoms with van der Waals surface area (Å²) < 4.78 is 25.6. The lowest BCUT2D eigenvalue weighted by atomic mass is 9.86. The van der Waals surface area contributed by atoms with Gasteiger partial charge in [0, 0.05) is 22.6 Å². The molecule has 112 valence electrons. The fourth-order valence-corrected chi connectivity index (χ4v) is 5.01. The maximum absolute atomic E-state index is 12.8. The van der Waals surface area contributed by atoms with Gasteiger partial charge in [0.25, 0.3) is 0 Å². The molecule has 0 radical (unpaired) electrons. The first kappa shape index (κ1) is 13.6. The minimum absolute atomic E-state index is 0.245. The van der Waals surface area contributed by atoms with Crippen LogP contribution in [0.2, 0.25) is 0 Å². The van der Waals surface area contributed by atoms with Gasteiger partial charge in [-0.15, -0.1) is 0 Å². The second kappa shape index (κ2) is 4.99. The van der Waals surface area contributed by atoms with Crippen molar-refractivity contribution in [1.82, 2.24) is 0 Å². The van der Waals surface area contributed by atoms with Gasteiger partial charge in [-0.25, -0.2) is 8.42 Å². The molecule has 0 bridgehead atoms. The van der Waals surface area contributed by atoms with Gasteiger partial charge in [-0.1, -0.05) is 42.5 Å². The van der Waals surface area contributed by atoms with Crippen LogP contribution >= 0.6 is 0 Å². The van der Waals surface area contributed by atoms with Crippen molar-refractivity contribution in [3.63, 3.8) is 0 Å². The summed E-state index contributed by atoms with van der Waals surface area (Å²) in [6.45, 7) is 0. The summed E-state index contributed by atoms with van der Waals surface area (Å²) in [6.07, 6.45) is 3.22. The number of nitrogens with one attached hydrogen (secondary N) is 1. The van der Waals surface area contributed by atoms with Crippen LogP contribution in [0, 0.1) is 0 Å². The number of hydrogen-bond acceptors (Lipinski definition) is 3. The van der Waals surface area contributed by atoms with Crippen LogP contribution in [0.25, 0.3) is 0 Å². The van der Waals surface area contributed by atoms with Crippen molar-refractivity contribution in [1.29, 1.82) is 0 Å². The first-order valence-electron chi connectivity index (χ1n) is 7.51. The van der Waals surface area contributed by atoms with Gasteiger partial charge in [0.05, 0.1) is 4.90 Å². The normalized spacial score (nSPS) is 23.2. The smallest absolute Gasteiger partial charge is 0.202 e. The fraction of sp³-hybridized carbons (Fsp3) is 0.222. The molecular weight excluding hydrogens is 294 g/mol. The third kappa shape index (κ3) is 2.06. The number of benzene rings is 2. The lowest BCUT2D eigenvalue weighted by Gasteiger charge is -2.25. The Hall–Kier alpha value is -2.07. The number of fused-ring (bicyclic) bond motifs is 3. The maximum atomic E-state index is 12.8. The van der Waals surface area contributed by atoms with E-state index in [1.165, 1.54) is 5.56 Å². The Morgan fingerprint density at radius 1 is 0.955 bits per heavy atom. The number of allylic oxidation sites excluding steroid dienone is 1. The van der Waals surface area contributed by atoms with Gasteiger partial charge < -0.3 is 5.32 Å². The zero-order chi connectivity index (χ0) is 15.2. The van der Waals surface area contributed by atoms with E-state index in [2.05, 4.69) is 17.4 Å². The van der Waals surface area contributed by atoms with Crippen LogP contribution in [0.4, 0.5) is 5.69 Å². The molecule has 2 aliphatic rings. The van der Waals surface area contributed by atoms with Crippen molar-refractivity contribution in [3.05, 3.63) is 71.1 Å². The summed E-state index contributed by atoms with van der Waals surface area (Å²) in [5.74, 6) is 0.245. The fourth-order valence-electron chi connectivity index (χ4n) is 3.47. The molecule has 3 nitrogen and oxygen atoms in total. The van der Waals surface area contributed by atoms with Gasteiger partial charge in [0.1, 0.15) is 0 Å². The Morgan fingerprint density at radius 2 is 1.68 bits per heavy atom. The van der Waals surface area contributed by atoms with Gasteiger partial charge in [-0.05, 0) is 36.6 Å². The van der Waals surface area contributed by atoms with Crippen LogP contribution in [0.15, 0.2) is 70.5 Å². The molecule has 1 heterocycles. The predicted octanol–water partition coefficient (Wildman–Crippen LogP) is 3.72. The highest BCUT2D eigenvalue weighted by molar-refractivity contribution is 7.95. The molecule has 4 rings (SSSR count). The number of hydrogen-bond donors (Lipinski definition) is 1. The van der Waals surface area contributed by atoms with Crippen LogP contribution in [-0.2, 0) is 9.84 Å². The molecule has 2 aromatic carbocycles. The molecule has 1 aliphatic heterocycles. The zero-order valence-corrected chi connectivity index (χ0v) is 12.9. The van der Waals surface area contributed by atoms with E-state index < -0.39 is 9.84 Å². The highest BCUT2D eigenvalue weighted by Gasteiger charge is 2.37. The van der Waals surface area contributed by atoms with Crippen molar-refractivity contribution in [2.75, 3.05) is 5.32 Å². The van der Waals surface area contributed by atoms with E-state index in [1.807, 2.05) is 24.3 Å². The lowest BCUT2D eigenvalue weighted by Crippen LogP contribution is -2.25. The molecule has 1 N–H and O–H groups in total. The van der Waals surface area contributed by atoms with E-state index >= 15 is 0 Å². The molecule has 1 aliphatic carbocycles. The SMILES string of the molecule is O=S(=O)(C1=CCC2Nc3ccccc3C2C1)c1ccccc1. The van der Waals surface area contributed by atoms with E-state index in [0.717, 1.165) is 12.1 Å². The number of anilines is 1. The minimum Gasteiger partial charge on any atom is -0.381 e. The molecule has 0 amide bonds. The second-order valence-electron chi connectivity index (χ2n) is 5.87. The molecule has 4 heteroatoms. The van der Waals surface area contributed by atoms with Crippen molar-refractivity contribution in [3.8, 4) is 0 Å². The van der Waals surface area contributed by atoms with Gasteiger partial charge in [-0.3, -0.25) is 0 Å². The molecule has 0 aromatic heterocycles. The first-order chi connectivity index (χ1) is 10.7. The number of sulfone groups is 1. The number of para-hydroxylation sites is 1. The van der Waals surface area contributed by atoms with E-state index in [9.17, 15) is 8.42 Å². The van der Waals surface area contributed by atoms with Crippen LogP contribution in [0.5, 0.6) is 0 Å². The van der Waals surface area contributed by atoms with Gasteiger partial charge >= 0.3 is 0 Å². The molecule has 2 atom stereocenters. The summed E-state index contributed by atoms with van der Waals surface area (Å²) in [5, 5.41) is 3.51. The summed E-state index contributed by atoms with van der Waals surface area (Å²) in [7, 11) is -3.37. The summed E-state index contributed by atoms with van der Waals surface area (Å²) in [6, 6.07) is 17.2. The van der Waals surface area contributed by atoms with E-state index in [0.29, 0.717) is 22.3 Å². The van der Waals surface area contributed by atoms with Crippen molar-refractivity contribution >= 4 is 15.5 Å². The molecule has 22 heavy (non-hydrogen) atoms. The quantitative estimate of drug-likeness (QED) is 0.919. The monoisotopic (exact) mass is 311 g/mol. The van der Waals surface area contributed by atoms with Gasteiger partial charge in [0.2, 0.25) is 9.84 Å². The third-order valence-corrected chi connectivity index (χ3v) is 6.52. The largest absolute Gasteiger partial charge is 0.381 e. The number of rotatable bonds is 2. The van der Waals surface area contributed by atoms with E-state index in [1.54, 1.807) is 24.3 Å². The summed E-state index contributed by atoms with van der Waals surface area (Å²) in [4.78, 5) is 0.942. The first-order valence-corrected chi connectivity index (χ1v) is 8.99. The van der Waals surface area contributed by atoms with Crippen molar-refractivity contribution < 1.29 is 8.42 Å². The molecule has 0 fully saturated rings. The topological polar surface area (TPSA) is 46.2 Å². The second-order valence-corrected chi connectivity index (χ2v) is 7.87. The van der Waals surface area contributed by atoms with Crippen LogP contribution in [0.1, 0.15) is 24.3 Å². The molecular formula is C18H17NO2S. The Labute approximate surface area is 130 Å². The Morgan fingerprint density at radius 3 is 2.50 bits per heavy atom. The predicted molar refractivity (Wildman–Crippen MR) is 87.5 cm³/mol. The molecule has 0 saturated carbocycles. The molecule has 2 unspecified atom stereocenters. The highest BCUT2D eigenvalue weighted by atomic mass is 32.2. The Balaban J connectivity index is 1.70. The zero-order valence-electron chi connectivity index (χ0n) is 12.1. The molecule has 0 spiro atoms. The maximum Gasteiger partial charge on any atom is 0.202 e. The van der Waals surface area contributed by atoms with Gasteiger partial charge in [0.15, 0.2) is 0 Å². The molecule has 2 aromatic rings. The van der Waals surface area contributed by atoms with Crippen molar-refractivity contribution in [2.24, 2.45) is 0 Å². The molecule has 0 saturated heterocycles. The lowest BCUT2D eigenvalue weighted by molar-refractivity contribution is 0.559. The summed E-state index contributed by atoms with van der Waals surface area (Å²) >= 11 is 0. The summed E-state index contributed by atoms with van der Waals surface area (Å²) in [5.41, 5.74) is 2.38. The van der Waals surface area contributed by atoms with E-state index in [-0.39, 0.29) is 5.92 Å². The minimum atomic E-state index is -3.37. The average Bonchev–Trinajstić information content (AvgIpc) is 2.93. The van der Waals surface area contributed by atoms with Crippen LogP contribution in [0.3, 0.4) is 0 Å². The van der Waals surface area contributed by atoms with Crippen molar-refractivity contribution in [2.45, 2.75) is 29.7 Å². The van der Waals surface area contributed by atoms with E-state index in [4.69, 9.17) is 0 Å². The van der Waals surface area contributed by atoms with Crippen LogP contribution < -0.4 is 5.32 Å². The van der Waals surface area contributed by atoms with Crippen LogP contribution in [-0.4, -0.2) is 14.5 Å².